The van der Waals surface area contributed by atoms with Crippen molar-refractivity contribution in [2.24, 2.45) is 0 Å². The first-order valence-electron chi connectivity index (χ1n) is 12.4. The zero-order chi connectivity index (χ0) is 28.1. The summed E-state index contributed by atoms with van der Waals surface area (Å²) >= 11 is 0.762. The normalized spacial score (nSPS) is 34.7. The maximum atomic E-state index is 12.7. The maximum Gasteiger partial charge on any atom is 0.251 e. The Balaban J connectivity index is 1.51. The molecule has 212 valence electrons. The molecule has 4 rings (SSSR count). The molecule has 2 heterocycles. The summed E-state index contributed by atoms with van der Waals surface area (Å²) in [6.07, 6.45) is -8.35. The first-order valence-corrected chi connectivity index (χ1v) is 13.3. The fourth-order valence-electron chi connectivity index (χ4n) is 4.52. The van der Waals surface area contributed by atoms with Gasteiger partial charge in [-0.15, -0.1) is 0 Å². The minimum atomic E-state index is -1.52. The number of aliphatic hydroxyl groups excluding tert-OH is 6. The summed E-state index contributed by atoms with van der Waals surface area (Å²) < 4.78 is 11.3. The van der Waals surface area contributed by atoms with Crippen molar-refractivity contribution in [2.75, 3.05) is 13.2 Å². The highest BCUT2D eigenvalue weighted by Gasteiger charge is 2.50. The van der Waals surface area contributed by atoms with Gasteiger partial charge in [0, 0.05) is 11.1 Å². The molecule has 0 radical (unpaired) electrons. The molecule has 13 heteroatoms. The van der Waals surface area contributed by atoms with Crippen LogP contribution in [0.2, 0.25) is 0 Å². The third-order valence-electron chi connectivity index (χ3n) is 6.70. The van der Waals surface area contributed by atoms with E-state index in [9.17, 15) is 40.2 Å². The van der Waals surface area contributed by atoms with Gasteiger partial charge in [0.15, 0.2) is 0 Å². The third-order valence-corrected chi connectivity index (χ3v) is 8.02. The Hall–Kier alpha value is -2.59. The Morgan fingerprint density at radius 3 is 1.33 bits per heavy atom. The van der Waals surface area contributed by atoms with E-state index in [2.05, 4.69) is 10.6 Å². The van der Waals surface area contributed by atoms with Gasteiger partial charge in [-0.2, -0.15) is 0 Å². The van der Waals surface area contributed by atoms with Crippen LogP contribution in [0, 0.1) is 0 Å². The van der Waals surface area contributed by atoms with Crippen LogP contribution in [-0.2, 0) is 9.47 Å². The molecule has 12 nitrogen and oxygen atoms in total. The molecule has 39 heavy (non-hydrogen) atoms. The van der Waals surface area contributed by atoms with Crippen LogP contribution < -0.4 is 10.6 Å². The summed E-state index contributed by atoms with van der Waals surface area (Å²) in [6, 6.07) is 13.8. The van der Waals surface area contributed by atoms with Crippen LogP contribution in [-0.4, -0.2) is 115 Å². The van der Waals surface area contributed by atoms with Crippen molar-refractivity contribution in [1.82, 2.24) is 10.6 Å². The number of hydrogen-bond acceptors (Lipinski definition) is 11. The molecule has 2 aromatic rings. The zero-order valence-electron chi connectivity index (χ0n) is 20.7. The Morgan fingerprint density at radius 1 is 0.641 bits per heavy atom. The smallest absolute Gasteiger partial charge is 0.251 e. The number of ether oxygens (including phenoxy) is 2. The van der Waals surface area contributed by atoms with Crippen molar-refractivity contribution in [3.8, 4) is 0 Å². The average molecular weight is 565 g/mol. The van der Waals surface area contributed by atoms with E-state index in [0.29, 0.717) is 0 Å². The molecule has 4 unspecified atom stereocenters. The quantitative estimate of drug-likeness (QED) is 0.180. The summed E-state index contributed by atoms with van der Waals surface area (Å²) in [5.41, 5.74) is -1.88. The van der Waals surface area contributed by atoms with E-state index in [4.69, 9.17) is 9.47 Å². The average Bonchev–Trinajstić information content (AvgIpc) is 2.96. The molecule has 0 saturated carbocycles. The highest BCUT2D eigenvalue weighted by molar-refractivity contribution is 8.00. The van der Waals surface area contributed by atoms with Crippen LogP contribution in [0.15, 0.2) is 60.7 Å². The van der Waals surface area contributed by atoms with Gasteiger partial charge in [0.1, 0.15) is 47.5 Å². The molecule has 2 aliphatic heterocycles. The SMILES string of the molecule is O=C(NC1C(O)C(SC2O[C@@H](CO)[C@H](O)[C@H](NC(=O)c3ccccc3)[C@H]2O)O[C@H](CO)[C@@H]1O)c1ccccc1. The van der Waals surface area contributed by atoms with E-state index in [1.165, 1.54) is 0 Å². The number of carbonyl (C=O) groups is 2. The van der Waals surface area contributed by atoms with Crippen LogP contribution >= 0.6 is 11.8 Å². The first kappa shape index (κ1) is 29.4. The molecule has 2 saturated heterocycles. The van der Waals surface area contributed by atoms with Crippen LogP contribution in [0.5, 0.6) is 0 Å². The predicted molar refractivity (Wildman–Crippen MR) is 139 cm³/mol. The van der Waals surface area contributed by atoms with E-state index < -0.39 is 84.6 Å². The van der Waals surface area contributed by atoms with Crippen molar-refractivity contribution >= 4 is 23.6 Å². The second kappa shape index (κ2) is 13.2. The lowest BCUT2D eigenvalue weighted by atomic mass is 9.96. The van der Waals surface area contributed by atoms with Crippen LogP contribution in [0.4, 0.5) is 0 Å². The molecule has 10 atom stereocenters. The van der Waals surface area contributed by atoms with Crippen molar-refractivity contribution in [1.29, 1.82) is 0 Å². The highest BCUT2D eigenvalue weighted by atomic mass is 32.2. The molecule has 0 aliphatic carbocycles. The molecule has 2 amide bonds. The molecular formula is C26H32N2O10S. The zero-order valence-corrected chi connectivity index (χ0v) is 21.5. The van der Waals surface area contributed by atoms with Crippen molar-refractivity contribution in [3.05, 3.63) is 71.8 Å². The number of hydrogen-bond donors (Lipinski definition) is 8. The van der Waals surface area contributed by atoms with Gasteiger partial charge in [0.25, 0.3) is 11.8 Å². The highest BCUT2D eigenvalue weighted by Crippen LogP contribution is 2.36. The van der Waals surface area contributed by atoms with E-state index >= 15 is 0 Å². The van der Waals surface area contributed by atoms with Crippen molar-refractivity contribution in [3.63, 3.8) is 0 Å². The van der Waals surface area contributed by atoms with Crippen molar-refractivity contribution < 1.29 is 49.7 Å². The number of nitrogens with one attached hydrogen (secondary N) is 2. The standard InChI is InChI=1S/C26H32N2O10S/c29-11-15-19(31)17(27-23(35)13-7-3-1-4-8-13)21(33)25(37-15)39-26-22(34)18(20(32)16(12-30)38-26)28-24(36)14-9-5-2-6-10-14/h1-10,15-22,25-26,29-34H,11-12H2,(H,27,35)(H,28,36)/t15-,16+,17-,18?,19-,20-,21+,22?,25?,26?/m0/s1. The van der Waals surface area contributed by atoms with Gasteiger partial charge in [-0.05, 0) is 24.3 Å². The lowest BCUT2D eigenvalue weighted by Crippen LogP contribution is -2.66. The summed E-state index contributed by atoms with van der Waals surface area (Å²) in [4.78, 5) is 25.4. The second-order valence-electron chi connectivity index (χ2n) is 9.28. The van der Waals surface area contributed by atoms with Crippen LogP contribution in [0.3, 0.4) is 0 Å². The van der Waals surface area contributed by atoms with E-state index in [1.54, 1.807) is 60.7 Å². The Labute approximate surface area is 228 Å². The van der Waals surface area contributed by atoms with Gasteiger partial charge in [-0.25, -0.2) is 0 Å². The lowest BCUT2D eigenvalue weighted by Gasteiger charge is -2.46. The van der Waals surface area contributed by atoms with Gasteiger partial charge in [0.2, 0.25) is 0 Å². The lowest BCUT2D eigenvalue weighted by molar-refractivity contribution is -0.175. The predicted octanol–water partition coefficient (Wildman–Crippen LogP) is -1.81. The van der Waals surface area contributed by atoms with Gasteiger partial charge in [-0.3, -0.25) is 9.59 Å². The van der Waals surface area contributed by atoms with Gasteiger partial charge >= 0.3 is 0 Å². The summed E-state index contributed by atoms with van der Waals surface area (Å²) in [6.45, 7) is -1.27. The molecule has 0 spiro atoms. The molecule has 0 bridgehead atoms. The van der Waals surface area contributed by atoms with Crippen molar-refractivity contribution in [2.45, 2.75) is 59.6 Å². The van der Waals surface area contributed by atoms with Gasteiger partial charge in [-0.1, -0.05) is 48.2 Å². The third kappa shape index (κ3) is 6.60. The minimum Gasteiger partial charge on any atom is -0.394 e. The Morgan fingerprint density at radius 2 is 1.00 bits per heavy atom. The number of benzene rings is 2. The van der Waals surface area contributed by atoms with E-state index in [1.807, 2.05) is 0 Å². The van der Waals surface area contributed by atoms with Crippen LogP contribution in [0.1, 0.15) is 20.7 Å². The van der Waals surface area contributed by atoms with E-state index in [0.717, 1.165) is 11.8 Å². The van der Waals surface area contributed by atoms with Gasteiger partial charge in [0.05, 0.1) is 25.3 Å². The fourth-order valence-corrected chi connectivity index (χ4v) is 5.86. The topological polar surface area (TPSA) is 198 Å². The monoisotopic (exact) mass is 564 g/mol. The first-order chi connectivity index (χ1) is 18.7. The van der Waals surface area contributed by atoms with E-state index in [-0.39, 0.29) is 11.1 Å². The Kier molecular flexibility index (Phi) is 9.93. The molecule has 2 aliphatic rings. The number of aliphatic hydroxyl groups is 6. The maximum absolute atomic E-state index is 12.7. The molecule has 0 aromatic heterocycles. The molecule has 2 fully saturated rings. The second-order valence-corrected chi connectivity index (χ2v) is 10.5. The number of rotatable bonds is 8. The summed E-state index contributed by atoms with van der Waals surface area (Å²) in [5.74, 6) is -1.13. The number of amides is 2. The fraction of sp³-hybridized carbons (Fsp3) is 0.462. The summed E-state index contributed by atoms with van der Waals surface area (Å²) in [7, 11) is 0. The summed E-state index contributed by atoms with van der Waals surface area (Å²) in [5, 5.41) is 68.1. The molecule has 8 N–H and O–H groups in total. The molecular weight excluding hydrogens is 532 g/mol. The Bertz CT molecular complexity index is 1010. The number of carbonyl (C=O) groups excluding carboxylic acids is 2. The largest absolute Gasteiger partial charge is 0.394 e. The number of thioether (sulfide) groups is 1. The molecule has 2 aromatic carbocycles. The van der Waals surface area contributed by atoms with Crippen LogP contribution in [0.25, 0.3) is 0 Å². The minimum absolute atomic E-state index is 0.288. The van der Waals surface area contributed by atoms with Gasteiger partial charge < -0.3 is 50.7 Å².